The molecule has 0 bridgehead atoms. The lowest BCUT2D eigenvalue weighted by molar-refractivity contribution is -0.0369. The van der Waals surface area contributed by atoms with Crippen LogP contribution in [-0.4, -0.2) is 56.1 Å². The van der Waals surface area contributed by atoms with Crippen LogP contribution in [-0.2, 0) is 9.47 Å². The first kappa shape index (κ1) is 30.0. The zero-order chi connectivity index (χ0) is 31.3. The van der Waals surface area contributed by atoms with Crippen LogP contribution in [0.25, 0.3) is 22.4 Å². The van der Waals surface area contributed by atoms with E-state index in [9.17, 15) is 4.79 Å². The minimum Gasteiger partial charge on any atom is -0.444 e. The Morgan fingerprint density at radius 2 is 1.93 bits per heavy atom. The number of amides is 1. The van der Waals surface area contributed by atoms with E-state index in [1.807, 2.05) is 32.9 Å². The molecule has 5 heterocycles. The van der Waals surface area contributed by atoms with Crippen LogP contribution in [0.4, 0.5) is 9.18 Å². The summed E-state index contributed by atoms with van der Waals surface area (Å²) in [5.74, 6) is -0.825. The Morgan fingerprint density at radius 3 is 2.67 bits per heavy atom. The summed E-state index contributed by atoms with van der Waals surface area (Å²) in [6.45, 7) is 7.79. The first-order valence-corrected chi connectivity index (χ1v) is 16.0. The maximum absolute atomic E-state index is 15.3. The summed E-state index contributed by atoms with van der Waals surface area (Å²) in [5, 5.41) is 11.4. The van der Waals surface area contributed by atoms with Gasteiger partial charge in [-0.3, -0.25) is 0 Å². The number of hydrogen-bond donors (Lipinski definition) is 2. The molecule has 236 valence electrons. The Morgan fingerprint density at radius 1 is 1.16 bits per heavy atom. The van der Waals surface area contributed by atoms with Crippen molar-refractivity contribution in [2.45, 2.75) is 76.7 Å². The number of aromatic nitrogens is 5. The van der Waals surface area contributed by atoms with Gasteiger partial charge in [-0.2, -0.15) is 5.10 Å². The highest BCUT2D eigenvalue weighted by Crippen LogP contribution is 2.61. The van der Waals surface area contributed by atoms with Gasteiger partial charge in [-0.25, -0.2) is 28.8 Å². The van der Waals surface area contributed by atoms with Crippen LogP contribution in [0.3, 0.4) is 0 Å². The predicted molar refractivity (Wildman–Crippen MR) is 167 cm³/mol. The van der Waals surface area contributed by atoms with Gasteiger partial charge in [-0.05, 0) is 83.2 Å². The van der Waals surface area contributed by atoms with Crippen LogP contribution >= 0.6 is 11.6 Å². The summed E-state index contributed by atoms with van der Waals surface area (Å²) >= 11 is 6.07. The minimum atomic E-state index is -0.657. The van der Waals surface area contributed by atoms with Crippen LogP contribution in [0.2, 0.25) is 5.15 Å². The zero-order valence-electron chi connectivity index (χ0n) is 25.6. The molecule has 1 spiro atoms. The molecule has 10 nitrogen and oxygen atoms in total. The fourth-order valence-corrected chi connectivity index (χ4v) is 7.51. The largest absolute Gasteiger partial charge is 0.444 e. The molecule has 1 aliphatic carbocycles. The third-order valence-corrected chi connectivity index (χ3v) is 9.47. The fraction of sp³-hybridized carbons (Fsp3) is 0.485. The van der Waals surface area contributed by atoms with Gasteiger partial charge in [-0.1, -0.05) is 35.9 Å². The smallest absolute Gasteiger partial charge is 0.408 e. The number of rotatable bonds is 4. The van der Waals surface area contributed by atoms with Crippen LogP contribution < -0.4 is 10.6 Å². The number of alkyl carbamates (subject to hydrolysis) is 1. The molecule has 4 aromatic rings. The summed E-state index contributed by atoms with van der Waals surface area (Å²) in [5.41, 5.74) is 3.43. The van der Waals surface area contributed by atoms with Crippen molar-refractivity contribution in [3.63, 3.8) is 0 Å². The van der Waals surface area contributed by atoms with E-state index in [2.05, 4.69) is 27.8 Å². The molecular formula is C33H37ClFN7O3. The molecule has 2 aliphatic heterocycles. The van der Waals surface area contributed by atoms with Crippen molar-refractivity contribution in [3.05, 3.63) is 70.5 Å². The third-order valence-electron chi connectivity index (χ3n) is 9.21. The summed E-state index contributed by atoms with van der Waals surface area (Å²) < 4.78 is 28.9. The second kappa shape index (κ2) is 11.6. The van der Waals surface area contributed by atoms with E-state index in [-0.39, 0.29) is 34.3 Å². The van der Waals surface area contributed by atoms with Crippen molar-refractivity contribution in [1.29, 1.82) is 0 Å². The molecule has 3 unspecified atom stereocenters. The standard InChI is InChI=1S/C33H37ClFN7O3/c1-32(2,3)45-31(43)40-28-20-9-5-4-8-19(20)24(33(28)12-15-36-16-13-33)22-18-38-27-26(21-11-14-37-29(34)25(21)35)41-42(30(27)39-22)23-10-6-7-17-44-23/h4-5,8-9,11,14,18,23-24,28,36H,6-7,10,12-13,15-17H2,1-3H3,(H,40,43). The van der Waals surface area contributed by atoms with Crippen LogP contribution in [0.5, 0.6) is 0 Å². The van der Waals surface area contributed by atoms with Crippen LogP contribution in [0.15, 0.2) is 42.7 Å². The molecule has 45 heavy (non-hydrogen) atoms. The van der Waals surface area contributed by atoms with Crippen molar-refractivity contribution in [1.82, 2.24) is 35.4 Å². The first-order valence-electron chi connectivity index (χ1n) is 15.6. The normalized spacial score (nSPS) is 22.8. The molecule has 2 fully saturated rings. The van der Waals surface area contributed by atoms with Gasteiger partial charge in [0.25, 0.3) is 0 Å². The Balaban J connectivity index is 1.39. The highest BCUT2D eigenvalue weighted by molar-refractivity contribution is 6.29. The van der Waals surface area contributed by atoms with Gasteiger partial charge in [0.2, 0.25) is 0 Å². The maximum Gasteiger partial charge on any atom is 0.408 e. The molecule has 3 atom stereocenters. The number of benzene rings is 1. The molecular weight excluding hydrogens is 597 g/mol. The number of pyridine rings is 1. The van der Waals surface area contributed by atoms with Gasteiger partial charge in [-0.15, -0.1) is 0 Å². The maximum atomic E-state index is 15.3. The number of halogens is 2. The molecule has 1 aromatic carbocycles. The quantitative estimate of drug-likeness (QED) is 0.246. The van der Waals surface area contributed by atoms with Crippen molar-refractivity contribution in [2.24, 2.45) is 5.41 Å². The molecule has 12 heteroatoms. The molecule has 2 saturated heterocycles. The molecule has 3 aromatic heterocycles. The second-order valence-electron chi connectivity index (χ2n) is 13.2. The average molecular weight is 634 g/mol. The lowest BCUT2D eigenvalue weighted by Gasteiger charge is -2.43. The van der Waals surface area contributed by atoms with E-state index >= 15 is 4.39 Å². The van der Waals surface area contributed by atoms with E-state index in [1.54, 1.807) is 16.9 Å². The number of fused-ring (bicyclic) bond motifs is 2. The molecule has 3 aliphatic rings. The number of carbonyl (C=O) groups is 1. The van der Waals surface area contributed by atoms with Gasteiger partial charge < -0.3 is 20.1 Å². The van der Waals surface area contributed by atoms with Crippen molar-refractivity contribution < 1.29 is 18.7 Å². The Bertz CT molecular complexity index is 1740. The van der Waals surface area contributed by atoms with Gasteiger partial charge in [0.15, 0.2) is 22.8 Å². The Kier molecular flexibility index (Phi) is 7.74. The van der Waals surface area contributed by atoms with Gasteiger partial charge in [0.05, 0.1) is 17.9 Å². The van der Waals surface area contributed by atoms with Crippen molar-refractivity contribution in [2.75, 3.05) is 19.7 Å². The monoisotopic (exact) mass is 633 g/mol. The molecule has 2 N–H and O–H groups in total. The highest BCUT2D eigenvalue weighted by Gasteiger charge is 2.55. The molecule has 0 saturated carbocycles. The summed E-state index contributed by atoms with van der Waals surface area (Å²) in [6, 6.07) is 9.49. The van der Waals surface area contributed by atoms with Crippen LogP contribution in [0, 0.1) is 11.2 Å². The summed E-state index contributed by atoms with van der Waals surface area (Å²) in [4.78, 5) is 27.3. The summed E-state index contributed by atoms with van der Waals surface area (Å²) in [7, 11) is 0. The lowest BCUT2D eigenvalue weighted by atomic mass is 9.66. The van der Waals surface area contributed by atoms with Crippen LogP contribution in [0.1, 0.15) is 87.9 Å². The Labute approximate surface area is 266 Å². The predicted octanol–water partition coefficient (Wildman–Crippen LogP) is 6.46. The first-order chi connectivity index (χ1) is 21.7. The zero-order valence-corrected chi connectivity index (χ0v) is 26.4. The number of piperidine rings is 1. The molecule has 0 radical (unpaired) electrons. The molecule has 7 rings (SSSR count). The van der Waals surface area contributed by atoms with E-state index in [1.165, 1.54) is 6.20 Å². The van der Waals surface area contributed by atoms with E-state index in [4.69, 9.17) is 36.1 Å². The number of carbonyl (C=O) groups excluding carboxylic acids is 1. The lowest BCUT2D eigenvalue weighted by Crippen LogP contribution is -2.48. The van der Waals surface area contributed by atoms with Gasteiger partial charge in [0.1, 0.15) is 16.8 Å². The number of ether oxygens (including phenoxy) is 2. The SMILES string of the molecule is CC(C)(C)OC(=O)NC1c2ccccc2C(c2cnc3c(-c4ccnc(Cl)c4F)nn(C4CCCCO4)c3n2)C12CCNCC2. The number of hydrogen-bond acceptors (Lipinski definition) is 8. The Hall–Kier alpha value is -3.67. The van der Waals surface area contributed by atoms with E-state index in [0.717, 1.165) is 62.0 Å². The number of nitrogens with zero attached hydrogens (tertiary/aromatic N) is 5. The highest BCUT2D eigenvalue weighted by atomic mass is 35.5. The van der Waals surface area contributed by atoms with Gasteiger partial charge >= 0.3 is 6.09 Å². The second-order valence-corrected chi connectivity index (χ2v) is 13.5. The van der Waals surface area contributed by atoms with Crippen molar-refractivity contribution in [3.8, 4) is 11.3 Å². The average Bonchev–Trinajstić information content (AvgIpc) is 3.51. The topological polar surface area (TPSA) is 116 Å². The van der Waals surface area contributed by atoms with Crippen molar-refractivity contribution >= 4 is 28.9 Å². The summed E-state index contributed by atoms with van der Waals surface area (Å²) in [6.07, 6.45) is 6.75. The fourth-order valence-electron chi connectivity index (χ4n) is 7.35. The van der Waals surface area contributed by atoms with E-state index < -0.39 is 17.5 Å². The van der Waals surface area contributed by atoms with E-state index in [0.29, 0.717) is 23.5 Å². The molecule has 1 amide bonds. The van der Waals surface area contributed by atoms with Gasteiger partial charge in [0, 0.05) is 29.7 Å². The minimum absolute atomic E-state index is 0.168. The number of nitrogens with one attached hydrogen (secondary N) is 2. The third kappa shape index (κ3) is 5.34.